The molecule has 0 amide bonds. The van der Waals surface area contributed by atoms with Crippen LogP contribution in [0.4, 0.5) is 0 Å². The Morgan fingerprint density at radius 2 is 2.19 bits per heavy atom. The van der Waals surface area contributed by atoms with E-state index < -0.39 is 0 Å². The third-order valence-corrected chi connectivity index (χ3v) is 3.56. The van der Waals surface area contributed by atoms with Crippen LogP contribution >= 0.6 is 50.1 Å². The zero-order valence-electron chi connectivity index (χ0n) is 8.25. The van der Waals surface area contributed by atoms with Gasteiger partial charge < -0.3 is 4.42 Å². The van der Waals surface area contributed by atoms with Crippen molar-refractivity contribution >= 4 is 50.1 Å². The van der Waals surface area contributed by atoms with Crippen LogP contribution in [0.3, 0.4) is 0 Å². The molecule has 3 nitrogen and oxygen atoms in total. The van der Waals surface area contributed by atoms with Crippen molar-refractivity contribution in [3.05, 3.63) is 32.1 Å². The summed E-state index contributed by atoms with van der Waals surface area (Å²) in [5, 5.41) is 7.61. The van der Waals surface area contributed by atoms with Crippen molar-refractivity contribution in [3.8, 4) is 11.5 Å². The van der Waals surface area contributed by atoms with E-state index in [4.69, 9.17) is 16.0 Å². The fourth-order valence-corrected chi connectivity index (χ4v) is 2.18. The van der Waals surface area contributed by atoms with E-state index in [1.54, 1.807) is 6.92 Å². The maximum absolute atomic E-state index is 5.87. The molecule has 0 aliphatic rings. The highest BCUT2D eigenvalue weighted by atomic mass is 127. The zero-order valence-corrected chi connectivity index (χ0v) is 12.7. The van der Waals surface area contributed by atoms with Crippen molar-refractivity contribution in [2.45, 2.75) is 12.3 Å². The molecule has 1 unspecified atom stereocenters. The molecular weight excluding hydrogens is 406 g/mol. The molecule has 84 valence electrons. The van der Waals surface area contributed by atoms with E-state index in [0.717, 1.165) is 13.6 Å². The third kappa shape index (κ3) is 2.57. The molecule has 1 aromatic carbocycles. The molecule has 0 spiro atoms. The van der Waals surface area contributed by atoms with Crippen LogP contribution in [0.5, 0.6) is 0 Å². The number of halogens is 3. The van der Waals surface area contributed by atoms with E-state index in [1.807, 2.05) is 18.2 Å². The molecule has 0 bridgehead atoms. The van der Waals surface area contributed by atoms with Gasteiger partial charge in [0.15, 0.2) is 0 Å². The van der Waals surface area contributed by atoms with Gasteiger partial charge in [0.2, 0.25) is 11.8 Å². The van der Waals surface area contributed by atoms with Gasteiger partial charge in [0.1, 0.15) is 5.38 Å². The second kappa shape index (κ2) is 5.01. The minimum atomic E-state index is -0.272. The number of benzene rings is 1. The summed E-state index contributed by atoms with van der Waals surface area (Å²) in [6.45, 7) is 1.80. The zero-order chi connectivity index (χ0) is 11.7. The summed E-state index contributed by atoms with van der Waals surface area (Å²) in [5.41, 5.74) is 0.908. The van der Waals surface area contributed by atoms with E-state index >= 15 is 0 Å². The average molecular weight is 413 g/mol. The monoisotopic (exact) mass is 412 g/mol. The predicted molar refractivity (Wildman–Crippen MR) is 74.4 cm³/mol. The molecule has 0 N–H and O–H groups in total. The van der Waals surface area contributed by atoms with E-state index in [9.17, 15) is 0 Å². The first-order chi connectivity index (χ1) is 7.58. The topological polar surface area (TPSA) is 38.9 Å². The lowest BCUT2D eigenvalue weighted by atomic mass is 10.2. The van der Waals surface area contributed by atoms with Crippen LogP contribution in [-0.2, 0) is 0 Å². The third-order valence-electron chi connectivity index (χ3n) is 1.94. The molecule has 0 saturated carbocycles. The van der Waals surface area contributed by atoms with Crippen LogP contribution in [0, 0.1) is 3.57 Å². The first-order valence-corrected chi connectivity index (χ1v) is 6.81. The molecule has 0 aliphatic heterocycles. The summed E-state index contributed by atoms with van der Waals surface area (Å²) in [6, 6.07) is 5.89. The number of nitrogens with zero attached hydrogens (tertiary/aromatic N) is 2. The summed E-state index contributed by atoms with van der Waals surface area (Å²) in [5.74, 6) is 0.931. The Labute approximate surface area is 120 Å². The maximum atomic E-state index is 5.87. The number of hydrogen-bond donors (Lipinski definition) is 0. The van der Waals surface area contributed by atoms with E-state index in [0.29, 0.717) is 11.8 Å². The Bertz CT molecular complexity index is 515. The van der Waals surface area contributed by atoms with Gasteiger partial charge in [0.25, 0.3) is 0 Å². The minimum absolute atomic E-state index is 0.272. The Balaban J connectivity index is 2.46. The van der Waals surface area contributed by atoms with Crippen LogP contribution in [0.25, 0.3) is 11.5 Å². The van der Waals surface area contributed by atoms with Crippen molar-refractivity contribution < 1.29 is 4.42 Å². The smallest absolute Gasteiger partial charge is 0.248 e. The van der Waals surface area contributed by atoms with Crippen molar-refractivity contribution in [2.24, 2.45) is 0 Å². The van der Waals surface area contributed by atoms with Crippen LogP contribution in [0.1, 0.15) is 18.2 Å². The molecule has 0 aliphatic carbocycles. The van der Waals surface area contributed by atoms with Crippen LogP contribution in [0.15, 0.2) is 27.1 Å². The first-order valence-electron chi connectivity index (χ1n) is 4.51. The van der Waals surface area contributed by atoms with Gasteiger partial charge in [-0.05, 0) is 47.7 Å². The van der Waals surface area contributed by atoms with E-state index in [1.165, 1.54) is 0 Å². The van der Waals surface area contributed by atoms with Crippen molar-refractivity contribution in [1.82, 2.24) is 10.2 Å². The molecule has 2 aromatic rings. The Hall–Kier alpha value is -0.140. The standard InChI is InChI=1S/C10H7BrClIN2O/c1-5(12)9-14-15-10(16-9)7-4-6(11)2-3-8(7)13/h2-5H,1H3. The summed E-state index contributed by atoms with van der Waals surface area (Å²) >= 11 is 11.5. The lowest BCUT2D eigenvalue weighted by Crippen LogP contribution is -1.83. The van der Waals surface area contributed by atoms with Gasteiger partial charge in [-0.15, -0.1) is 21.8 Å². The molecule has 6 heteroatoms. The largest absolute Gasteiger partial charge is 0.419 e. The normalized spacial score (nSPS) is 12.8. The highest BCUT2D eigenvalue weighted by Gasteiger charge is 2.14. The fourth-order valence-electron chi connectivity index (χ4n) is 1.17. The summed E-state index contributed by atoms with van der Waals surface area (Å²) in [6.07, 6.45) is 0. The van der Waals surface area contributed by atoms with E-state index in [-0.39, 0.29) is 5.38 Å². The molecule has 1 aromatic heterocycles. The average Bonchev–Trinajstić information content (AvgIpc) is 2.70. The Morgan fingerprint density at radius 3 is 2.81 bits per heavy atom. The van der Waals surface area contributed by atoms with Crippen LogP contribution < -0.4 is 0 Å². The summed E-state index contributed by atoms with van der Waals surface area (Å²) in [7, 11) is 0. The van der Waals surface area contributed by atoms with Gasteiger partial charge in [-0.25, -0.2) is 0 Å². The van der Waals surface area contributed by atoms with Crippen LogP contribution in [-0.4, -0.2) is 10.2 Å². The van der Waals surface area contributed by atoms with Crippen molar-refractivity contribution in [2.75, 3.05) is 0 Å². The molecule has 0 fully saturated rings. The van der Waals surface area contributed by atoms with Gasteiger partial charge in [-0.2, -0.15) is 0 Å². The highest BCUT2D eigenvalue weighted by molar-refractivity contribution is 14.1. The molecule has 1 atom stereocenters. The second-order valence-electron chi connectivity index (χ2n) is 3.19. The van der Waals surface area contributed by atoms with Gasteiger partial charge in [0, 0.05) is 8.04 Å². The molecule has 0 saturated heterocycles. The maximum Gasteiger partial charge on any atom is 0.248 e. The second-order valence-corrected chi connectivity index (χ2v) is 5.92. The molecule has 2 rings (SSSR count). The van der Waals surface area contributed by atoms with Crippen molar-refractivity contribution in [3.63, 3.8) is 0 Å². The number of hydrogen-bond acceptors (Lipinski definition) is 3. The number of alkyl halides is 1. The quantitative estimate of drug-likeness (QED) is 0.541. The predicted octanol–water partition coefficient (Wildman–Crippen LogP) is 4.40. The highest BCUT2D eigenvalue weighted by Crippen LogP contribution is 2.29. The lowest BCUT2D eigenvalue weighted by Gasteiger charge is -1.99. The fraction of sp³-hybridized carbons (Fsp3) is 0.200. The van der Waals surface area contributed by atoms with Crippen molar-refractivity contribution in [1.29, 1.82) is 0 Å². The SMILES string of the molecule is CC(Cl)c1nnc(-c2cc(Br)ccc2I)o1. The van der Waals surface area contributed by atoms with Crippen LogP contribution in [0.2, 0.25) is 0 Å². The Kier molecular flexibility index (Phi) is 3.86. The summed E-state index contributed by atoms with van der Waals surface area (Å²) < 4.78 is 7.51. The number of aromatic nitrogens is 2. The molecule has 1 heterocycles. The minimum Gasteiger partial charge on any atom is -0.419 e. The van der Waals surface area contributed by atoms with Gasteiger partial charge in [0.05, 0.1) is 5.56 Å². The molecule has 0 radical (unpaired) electrons. The first kappa shape index (κ1) is 12.3. The van der Waals surface area contributed by atoms with Gasteiger partial charge in [-0.3, -0.25) is 0 Å². The number of rotatable bonds is 2. The Morgan fingerprint density at radius 1 is 1.44 bits per heavy atom. The summed E-state index contributed by atoms with van der Waals surface area (Å²) in [4.78, 5) is 0. The van der Waals surface area contributed by atoms with Gasteiger partial charge >= 0.3 is 0 Å². The van der Waals surface area contributed by atoms with E-state index in [2.05, 4.69) is 48.7 Å². The lowest BCUT2D eigenvalue weighted by molar-refractivity contribution is 0.507. The molecule has 16 heavy (non-hydrogen) atoms. The molecular formula is C10H7BrClIN2O. The van der Waals surface area contributed by atoms with Gasteiger partial charge in [-0.1, -0.05) is 15.9 Å².